The molecule has 0 bridgehead atoms. The predicted octanol–water partition coefficient (Wildman–Crippen LogP) is 4.21. The van der Waals surface area contributed by atoms with Gasteiger partial charge in [-0.1, -0.05) is 36.7 Å². The number of hydrogen-bond acceptors (Lipinski definition) is 1. The van der Waals surface area contributed by atoms with E-state index in [2.05, 4.69) is 13.0 Å². The van der Waals surface area contributed by atoms with Crippen molar-refractivity contribution >= 4 is 11.6 Å². The molecule has 0 aromatic heterocycles. The summed E-state index contributed by atoms with van der Waals surface area (Å²) in [5.74, 6) is 0.669. The first-order chi connectivity index (χ1) is 7.65. The number of halogens is 1. The summed E-state index contributed by atoms with van der Waals surface area (Å²) in [5.41, 5.74) is 0.935. The molecule has 1 aromatic carbocycles. The molecule has 0 aliphatic heterocycles. The molecule has 0 amide bonds. The molecule has 1 nitrogen and oxygen atoms in total. The van der Waals surface area contributed by atoms with Crippen LogP contribution in [0.4, 0.5) is 0 Å². The maximum absolute atomic E-state index is 9.39. The van der Waals surface area contributed by atoms with Crippen LogP contribution >= 0.6 is 11.6 Å². The van der Waals surface area contributed by atoms with Gasteiger partial charge < -0.3 is 0 Å². The first-order valence-electron chi connectivity index (χ1n) is 5.80. The van der Waals surface area contributed by atoms with Gasteiger partial charge in [-0.25, -0.2) is 0 Å². The Balaban J connectivity index is 2.21. The van der Waals surface area contributed by atoms with E-state index in [4.69, 9.17) is 11.6 Å². The van der Waals surface area contributed by atoms with Crippen LogP contribution < -0.4 is 0 Å². The van der Waals surface area contributed by atoms with Crippen LogP contribution in [0.3, 0.4) is 0 Å². The van der Waals surface area contributed by atoms with E-state index in [1.807, 2.05) is 24.3 Å². The summed E-state index contributed by atoms with van der Waals surface area (Å²) in [6, 6.07) is 10.4. The van der Waals surface area contributed by atoms with Crippen LogP contribution in [0.1, 0.15) is 31.7 Å². The van der Waals surface area contributed by atoms with E-state index in [9.17, 15) is 5.26 Å². The molecule has 0 N–H and O–H groups in total. The number of rotatable bonds is 2. The van der Waals surface area contributed by atoms with E-state index in [1.54, 1.807) is 0 Å². The third-order valence-electron chi connectivity index (χ3n) is 3.58. The molecule has 84 valence electrons. The molecular formula is C14H16ClN. The number of nitrogens with zero attached hydrogens (tertiary/aromatic N) is 1. The van der Waals surface area contributed by atoms with Crippen molar-refractivity contribution < 1.29 is 0 Å². The molecule has 1 aliphatic rings. The van der Waals surface area contributed by atoms with E-state index in [0.717, 1.165) is 36.3 Å². The second-order valence-electron chi connectivity index (χ2n) is 5.01. The Morgan fingerprint density at radius 2 is 2.25 bits per heavy atom. The van der Waals surface area contributed by atoms with Crippen LogP contribution in [0.5, 0.6) is 0 Å². The van der Waals surface area contributed by atoms with E-state index < -0.39 is 0 Å². The standard InChI is InChI=1S/C14H16ClN/c1-11-6-7-14(8-11,10-16)9-12-4-2-3-5-13(12)15/h2-5,11H,6-9H2,1H3. The molecule has 1 aromatic rings. The van der Waals surface area contributed by atoms with Crippen molar-refractivity contribution in [1.82, 2.24) is 0 Å². The first kappa shape index (κ1) is 11.5. The van der Waals surface area contributed by atoms with Gasteiger partial charge in [0.2, 0.25) is 0 Å². The lowest BCUT2D eigenvalue weighted by molar-refractivity contribution is 0.391. The van der Waals surface area contributed by atoms with Gasteiger partial charge in [0.25, 0.3) is 0 Å². The second-order valence-corrected chi connectivity index (χ2v) is 5.42. The number of benzene rings is 1. The minimum Gasteiger partial charge on any atom is -0.198 e. The van der Waals surface area contributed by atoms with Crippen molar-refractivity contribution in [1.29, 1.82) is 5.26 Å². The van der Waals surface area contributed by atoms with Crippen molar-refractivity contribution in [3.05, 3.63) is 34.9 Å². The molecule has 2 rings (SSSR count). The molecule has 1 fully saturated rings. The average Bonchev–Trinajstić information content (AvgIpc) is 2.65. The minimum atomic E-state index is -0.176. The van der Waals surface area contributed by atoms with Crippen LogP contribution in [0, 0.1) is 22.7 Å². The Morgan fingerprint density at radius 3 is 2.81 bits per heavy atom. The lowest BCUT2D eigenvalue weighted by Crippen LogP contribution is -2.18. The number of hydrogen-bond donors (Lipinski definition) is 0. The molecule has 1 saturated carbocycles. The molecule has 0 spiro atoms. The van der Waals surface area contributed by atoms with Gasteiger partial charge in [0.05, 0.1) is 11.5 Å². The fourth-order valence-corrected chi connectivity index (χ4v) is 2.90. The predicted molar refractivity (Wildman–Crippen MR) is 66.2 cm³/mol. The van der Waals surface area contributed by atoms with Crippen molar-refractivity contribution in [3.8, 4) is 6.07 Å². The van der Waals surface area contributed by atoms with Gasteiger partial charge in [0.15, 0.2) is 0 Å². The Kier molecular flexibility index (Phi) is 3.21. The molecule has 16 heavy (non-hydrogen) atoms. The van der Waals surface area contributed by atoms with Gasteiger partial charge in [0, 0.05) is 5.02 Å². The van der Waals surface area contributed by atoms with Gasteiger partial charge in [-0.15, -0.1) is 0 Å². The van der Waals surface area contributed by atoms with Crippen LogP contribution in [0.15, 0.2) is 24.3 Å². The van der Waals surface area contributed by atoms with E-state index in [0.29, 0.717) is 5.92 Å². The summed E-state index contributed by atoms with van der Waals surface area (Å²) in [6.07, 6.45) is 3.98. The van der Waals surface area contributed by atoms with Crippen LogP contribution in [0.25, 0.3) is 0 Å². The quantitative estimate of drug-likeness (QED) is 0.751. The monoisotopic (exact) mass is 233 g/mol. The summed E-state index contributed by atoms with van der Waals surface area (Å²) < 4.78 is 0. The lowest BCUT2D eigenvalue weighted by atomic mass is 9.81. The highest BCUT2D eigenvalue weighted by Gasteiger charge is 2.37. The Morgan fingerprint density at radius 1 is 1.50 bits per heavy atom. The van der Waals surface area contributed by atoms with Gasteiger partial charge >= 0.3 is 0 Å². The lowest BCUT2D eigenvalue weighted by Gasteiger charge is -2.21. The molecule has 2 unspecified atom stereocenters. The zero-order valence-corrected chi connectivity index (χ0v) is 10.3. The number of nitriles is 1. The molecule has 0 heterocycles. The van der Waals surface area contributed by atoms with Gasteiger partial charge in [-0.2, -0.15) is 5.26 Å². The van der Waals surface area contributed by atoms with Crippen molar-refractivity contribution in [3.63, 3.8) is 0 Å². The van der Waals surface area contributed by atoms with E-state index >= 15 is 0 Å². The summed E-state index contributed by atoms with van der Waals surface area (Å²) in [6.45, 7) is 2.23. The molecule has 2 heteroatoms. The summed E-state index contributed by atoms with van der Waals surface area (Å²) in [7, 11) is 0. The second kappa shape index (κ2) is 4.47. The summed E-state index contributed by atoms with van der Waals surface area (Å²) in [5, 5.41) is 10.2. The van der Waals surface area contributed by atoms with Gasteiger partial charge in [-0.05, 0) is 43.2 Å². The average molecular weight is 234 g/mol. The van der Waals surface area contributed by atoms with Crippen LogP contribution in [0.2, 0.25) is 5.02 Å². The zero-order valence-electron chi connectivity index (χ0n) is 9.54. The van der Waals surface area contributed by atoms with Crippen LogP contribution in [-0.2, 0) is 6.42 Å². The van der Waals surface area contributed by atoms with Crippen LogP contribution in [-0.4, -0.2) is 0 Å². The van der Waals surface area contributed by atoms with E-state index in [-0.39, 0.29) is 5.41 Å². The summed E-state index contributed by atoms with van der Waals surface area (Å²) >= 11 is 6.15. The SMILES string of the molecule is CC1CCC(C#N)(Cc2ccccc2Cl)C1. The third-order valence-corrected chi connectivity index (χ3v) is 3.95. The highest BCUT2D eigenvalue weighted by Crippen LogP contribution is 2.44. The highest BCUT2D eigenvalue weighted by atomic mass is 35.5. The highest BCUT2D eigenvalue weighted by molar-refractivity contribution is 6.31. The third kappa shape index (κ3) is 2.23. The summed E-state index contributed by atoms with van der Waals surface area (Å²) in [4.78, 5) is 0. The topological polar surface area (TPSA) is 23.8 Å². The molecular weight excluding hydrogens is 218 g/mol. The van der Waals surface area contributed by atoms with Crippen molar-refractivity contribution in [2.75, 3.05) is 0 Å². The van der Waals surface area contributed by atoms with E-state index in [1.165, 1.54) is 0 Å². The maximum atomic E-state index is 9.39. The van der Waals surface area contributed by atoms with Crippen molar-refractivity contribution in [2.45, 2.75) is 32.6 Å². The zero-order chi connectivity index (χ0) is 11.6. The maximum Gasteiger partial charge on any atom is 0.0693 e. The molecule has 0 saturated heterocycles. The van der Waals surface area contributed by atoms with Gasteiger partial charge in [0.1, 0.15) is 0 Å². The minimum absolute atomic E-state index is 0.176. The Bertz CT molecular complexity index is 421. The largest absolute Gasteiger partial charge is 0.198 e. The van der Waals surface area contributed by atoms with Gasteiger partial charge in [-0.3, -0.25) is 0 Å². The first-order valence-corrected chi connectivity index (χ1v) is 6.18. The molecule has 0 radical (unpaired) electrons. The fourth-order valence-electron chi connectivity index (χ4n) is 2.70. The fraction of sp³-hybridized carbons (Fsp3) is 0.500. The molecule has 2 atom stereocenters. The smallest absolute Gasteiger partial charge is 0.0693 e. The normalized spacial score (nSPS) is 28.9. The Hall–Kier alpha value is -1.00. The molecule has 1 aliphatic carbocycles. The Labute approximate surface area is 102 Å². The van der Waals surface area contributed by atoms with Crippen molar-refractivity contribution in [2.24, 2.45) is 11.3 Å².